The smallest absolute Gasteiger partial charge is 0.255 e. The Labute approximate surface area is 143 Å². The molecule has 24 heavy (non-hydrogen) atoms. The van der Waals surface area contributed by atoms with Gasteiger partial charge in [-0.2, -0.15) is 0 Å². The predicted molar refractivity (Wildman–Crippen MR) is 96.2 cm³/mol. The average molecular weight is 332 g/mol. The van der Waals surface area contributed by atoms with Crippen LogP contribution in [0, 0.1) is 0 Å². The lowest BCUT2D eigenvalue weighted by Gasteiger charge is -2.24. The van der Waals surface area contributed by atoms with Gasteiger partial charge in [0.25, 0.3) is 5.91 Å². The second-order valence-corrected chi connectivity index (χ2v) is 6.13. The molecule has 6 nitrogen and oxygen atoms in total. The molecule has 6 heteroatoms. The summed E-state index contributed by atoms with van der Waals surface area (Å²) in [5.41, 5.74) is 6.25. The number of nitrogens with two attached hydrogens (primary N) is 1. The van der Waals surface area contributed by atoms with Crippen molar-refractivity contribution in [3.63, 3.8) is 0 Å². The lowest BCUT2D eigenvalue weighted by Crippen LogP contribution is -2.44. The number of carbonyl (C=O) groups excluding carboxylic acids is 1. The molecule has 1 aromatic rings. The highest BCUT2D eigenvalue weighted by Gasteiger charge is 2.14. The van der Waals surface area contributed by atoms with E-state index in [0.29, 0.717) is 11.8 Å². The highest BCUT2D eigenvalue weighted by Crippen LogP contribution is 2.17. The zero-order valence-electron chi connectivity index (χ0n) is 14.4. The van der Waals surface area contributed by atoms with Crippen LogP contribution in [0.4, 0.5) is 0 Å². The molecule has 0 radical (unpaired) electrons. The predicted octanol–water partition coefficient (Wildman–Crippen LogP) is 1.59. The van der Waals surface area contributed by atoms with Crippen LogP contribution in [0.3, 0.4) is 0 Å². The molecule has 0 saturated heterocycles. The summed E-state index contributed by atoms with van der Waals surface area (Å²) in [6.45, 7) is 0.720. The zero-order chi connectivity index (χ0) is 17.2. The molecule has 0 spiro atoms. The van der Waals surface area contributed by atoms with Crippen molar-refractivity contribution >= 4 is 11.9 Å². The van der Waals surface area contributed by atoms with E-state index in [0.717, 1.165) is 18.9 Å². The highest BCUT2D eigenvalue weighted by molar-refractivity contribution is 5.80. The van der Waals surface area contributed by atoms with Gasteiger partial charge in [-0.05, 0) is 37.0 Å². The second-order valence-electron chi connectivity index (χ2n) is 6.13. The van der Waals surface area contributed by atoms with Crippen LogP contribution in [0.25, 0.3) is 0 Å². The van der Waals surface area contributed by atoms with Crippen molar-refractivity contribution in [3.05, 3.63) is 29.8 Å². The quantitative estimate of drug-likeness (QED) is 0.522. The molecule has 0 aromatic heterocycles. The number of benzene rings is 1. The Balaban J connectivity index is 1.71. The number of rotatable bonds is 7. The maximum absolute atomic E-state index is 10.7. The summed E-state index contributed by atoms with van der Waals surface area (Å²) >= 11 is 0. The van der Waals surface area contributed by atoms with Crippen LogP contribution in [0.2, 0.25) is 0 Å². The summed E-state index contributed by atoms with van der Waals surface area (Å²) < 4.78 is 5.25. The summed E-state index contributed by atoms with van der Waals surface area (Å²) in [7, 11) is 1.81. The fourth-order valence-corrected chi connectivity index (χ4v) is 2.87. The van der Waals surface area contributed by atoms with Crippen LogP contribution in [0.15, 0.2) is 29.3 Å². The Morgan fingerprint density at radius 2 is 1.96 bits per heavy atom. The number of nitrogens with one attached hydrogen (secondary N) is 2. The van der Waals surface area contributed by atoms with E-state index in [1.807, 2.05) is 31.3 Å². The molecule has 1 saturated carbocycles. The van der Waals surface area contributed by atoms with Crippen LogP contribution in [-0.4, -0.2) is 38.1 Å². The monoisotopic (exact) mass is 332 g/mol. The van der Waals surface area contributed by atoms with Gasteiger partial charge in [0.05, 0.1) is 0 Å². The SMILES string of the molecule is CN=C(NCCc1ccc(OCC(N)=O)cc1)NC1CCCCC1. The van der Waals surface area contributed by atoms with Crippen molar-refractivity contribution in [1.82, 2.24) is 10.6 Å². The van der Waals surface area contributed by atoms with E-state index in [-0.39, 0.29) is 6.61 Å². The first-order chi connectivity index (χ1) is 11.7. The molecule has 2 rings (SSSR count). The summed E-state index contributed by atoms with van der Waals surface area (Å²) in [6, 6.07) is 8.25. The van der Waals surface area contributed by atoms with Crippen LogP contribution in [0.1, 0.15) is 37.7 Å². The Hall–Kier alpha value is -2.24. The van der Waals surface area contributed by atoms with Gasteiger partial charge in [0.2, 0.25) is 0 Å². The van der Waals surface area contributed by atoms with Crippen molar-refractivity contribution in [1.29, 1.82) is 0 Å². The Morgan fingerprint density at radius 3 is 2.58 bits per heavy atom. The first-order valence-corrected chi connectivity index (χ1v) is 8.64. The maximum atomic E-state index is 10.7. The topological polar surface area (TPSA) is 88.7 Å². The first-order valence-electron chi connectivity index (χ1n) is 8.64. The molecule has 4 N–H and O–H groups in total. The summed E-state index contributed by atoms with van der Waals surface area (Å²) in [5.74, 6) is 1.06. The van der Waals surface area contributed by atoms with Gasteiger partial charge in [0.15, 0.2) is 12.6 Å². The molecule has 132 valence electrons. The van der Waals surface area contributed by atoms with Gasteiger partial charge in [-0.1, -0.05) is 31.4 Å². The van der Waals surface area contributed by atoms with Gasteiger partial charge in [0.1, 0.15) is 5.75 Å². The molecule has 0 bridgehead atoms. The van der Waals surface area contributed by atoms with Gasteiger partial charge in [-0.25, -0.2) is 0 Å². The third kappa shape index (κ3) is 6.48. The van der Waals surface area contributed by atoms with Gasteiger partial charge < -0.3 is 21.1 Å². The number of guanidine groups is 1. The number of carbonyl (C=O) groups is 1. The van der Waals surface area contributed by atoms with Crippen LogP contribution in [0.5, 0.6) is 5.75 Å². The van der Waals surface area contributed by atoms with E-state index in [9.17, 15) is 4.79 Å². The molecule has 1 aliphatic carbocycles. The van der Waals surface area contributed by atoms with Crippen LogP contribution in [-0.2, 0) is 11.2 Å². The Bertz CT molecular complexity index is 536. The molecular weight excluding hydrogens is 304 g/mol. The van der Waals surface area contributed by atoms with E-state index >= 15 is 0 Å². The molecule has 0 heterocycles. The van der Waals surface area contributed by atoms with E-state index in [1.54, 1.807) is 0 Å². The Kier molecular flexibility index (Phi) is 7.39. The van der Waals surface area contributed by atoms with E-state index in [2.05, 4.69) is 15.6 Å². The standard InChI is InChI=1S/C18H28N4O2/c1-20-18(22-15-5-3-2-4-6-15)21-12-11-14-7-9-16(10-8-14)24-13-17(19)23/h7-10,15H,2-6,11-13H2,1H3,(H2,19,23)(H2,20,21,22). The molecule has 1 fully saturated rings. The minimum absolute atomic E-state index is 0.0932. The number of ether oxygens (including phenoxy) is 1. The van der Waals surface area contributed by atoms with E-state index in [4.69, 9.17) is 10.5 Å². The molecule has 0 aliphatic heterocycles. The molecule has 0 unspecified atom stereocenters. The lowest BCUT2D eigenvalue weighted by atomic mass is 9.96. The summed E-state index contributed by atoms with van der Waals surface area (Å²) in [6.07, 6.45) is 7.31. The first kappa shape index (κ1) is 18.1. The van der Waals surface area contributed by atoms with Gasteiger partial charge >= 0.3 is 0 Å². The van der Waals surface area contributed by atoms with Crippen molar-refractivity contribution in [2.75, 3.05) is 20.2 Å². The minimum Gasteiger partial charge on any atom is -0.484 e. The van der Waals surface area contributed by atoms with Gasteiger partial charge in [-0.3, -0.25) is 9.79 Å². The van der Waals surface area contributed by atoms with Crippen LogP contribution >= 0.6 is 0 Å². The van der Waals surface area contributed by atoms with Crippen molar-refractivity contribution in [2.24, 2.45) is 10.7 Å². The maximum Gasteiger partial charge on any atom is 0.255 e. The van der Waals surface area contributed by atoms with E-state index < -0.39 is 5.91 Å². The second kappa shape index (κ2) is 9.80. The normalized spacial score (nSPS) is 15.8. The van der Waals surface area contributed by atoms with Crippen molar-refractivity contribution < 1.29 is 9.53 Å². The Morgan fingerprint density at radius 1 is 1.25 bits per heavy atom. The number of hydrogen-bond donors (Lipinski definition) is 3. The summed E-state index contributed by atoms with van der Waals surface area (Å²) in [5, 5.41) is 6.87. The summed E-state index contributed by atoms with van der Waals surface area (Å²) in [4.78, 5) is 15.0. The fraction of sp³-hybridized carbons (Fsp3) is 0.556. The number of primary amides is 1. The third-order valence-corrected chi connectivity index (χ3v) is 4.18. The highest BCUT2D eigenvalue weighted by atomic mass is 16.5. The van der Waals surface area contributed by atoms with Crippen LogP contribution < -0.4 is 21.1 Å². The number of nitrogens with zero attached hydrogens (tertiary/aromatic N) is 1. The fourth-order valence-electron chi connectivity index (χ4n) is 2.87. The molecular formula is C18H28N4O2. The third-order valence-electron chi connectivity index (χ3n) is 4.18. The average Bonchev–Trinajstić information content (AvgIpc) is 2.61. The zero-order valence-corrected chi connectivity index (χ0v) is 14.4. The minimum atomic E-state index is -0.472. The molecule has 1 amide bonds. The number of amides is 1. The van der Waals surface area contributed by atoms with Crippen molar-refractivity contribution in [2.45, 2.75) is 44.6 Å². The molecule has 1 aromatic carbocycles. The molecule has 0 atom stereocenters. The van der Waals surface area contributed by atoms with E-state index in [1.165, 1.54) is 37.7 Å². The van der Waals surface area contributed by atoms with Gasteiger partial charge in [0, 0.05) is 19.6 Å². The van der Waals surface area contributed by atoms with Gasteiger partial charge in [-0.15, -0.1) is 0 Å². The lowest BCUT2D eigenvalue weighted by molar-refractivity contribution is -0.119. The number of hydrogen-bond acceptors (Lipinski definition) is 3. The largest absolute Gasteiger partial charge is 0.484 e. The number of aliphatic imine (C=N–C) groups is 1. The molecule has 1 aliphatic rings. The van der Waals surface area contributed by atoms with Crippen molar-refractivity contribution in [3.8, 4) is 5.75 Å².